The maximum Gasteiger partial charge on any atom is 0.329 e. The molecule has 4 heteroatoms. The number of nitrogens with two attached hydrogens (primary N) is 1. The molecule has 2 atom stereocenters. The molecule has 2 N–H and O–H groups in total. The first-order valence-electron chi connectivity index (χ1n) is 6.83. The number of ether oxygens (including phenoxy) is 1. The van der Waals surface area contributed by atoms with Gasteiger partial charge in [-0.25, -0.2) is 4.79 Å². The third kappa shape index (κ3) is 2.62. The first kappa shape index (κ1) is 13.3. The van der Waals surface area contributed by atoms with Crippen LogP contribution in [0, 0.1) is 0 Å². The van der Waals surface area contributed by atoms with Crippen molar-refractivity contribution in [2.75, 3.05) is 0 Å². The Labute approximate surface area is 122 Å². The molecule has 0 bridgehead atoms. The summed E-state index contributed by atoms with van der Waals surface area (Å²) in [5.74, 6) is -0.339. The predicted molar refractivity (Wildman–Crippen MR) is 79.5 cm³/mol. The zero-order valence-electron chi connectivity index (χ0n) is 11.1. The van der Waals surface area contributed by atoms with Crippen LogP contribution in [0.4, 0.5) is 0 Å². The molecular formula is C16H17NO2S. The van der Waals surface area contributed by atoms with Crippen molar-refractivity contribution >= 4 is 17.3 Å². The van der Waals surface area contributed by atoms with E-state index in [4.69, 9.17) is 10.5 Å². The topological polar surface area (TPSA) is 52.3 Å². The van der Waals surface area contributed by atoms with Gasteiger partial charge < -0.3 is 10.5 Å². The molecule has 1 aromatic carbocycles. The van der Waals surface area contributed by atoms with Crippen molar-refractivity contribution in [2.24, 2.45) is 5.73 Å². The van der Waals surface area contributed by atoms with Crippen LogP contribution in [0.3, 0.4) is 0 Å². The van der Waals surface area contributed by atoms with Crippen molar-refractivity contribution in [3.8, 4) is 0 Å². The van der Waals surface area contributed by atoms with Gasteiger partial charge in [0.2, 0.25) is 0 Å². The predicted octanol–water partition coefficient (Wildman–Crippen LogP) is 3.37. The fraction of sp³-hybridized carbons (Fsp3) is 0.312. The Hall–Kier alpha value is -1.65. The van der Waals surface area contributed by atoms with E-state index in [1.807, 2.05) is 35.7 Å². The van der Waals surface area contributed by atoms with Gasteiger partial charge in [0, 0.05) is 4.88 Å². The molecule has 0 spiro atoms. The van der Waals surface area contributed by atoms with Gasteiger partial charge in [0.15, 0.2) is 0 Å². The van der Waals surface area contributed by atoms with E-state index >= 15 is 0 Å². The highest BCUT2D eigenvalue weighted by Gasteiger charge is 2.26. The maximum absolute atomic E-state index is 12.2. The lowest BCUT2D eigenvalue weighted by Gasteiger charge is -2.26. The first-order valence-corrected chi connectivity index (χ1v) is 7.71. The van der Waals surface area contributed by atoms with E-state index < -0.39 is 6.04 Å². The molecule has 1 aliphatic carbocycles. The Bertz CT molecular complexity index is 594. The number of hydrogen-bond donors (Lipinski definition) is 1. The molecule has 2 aromatic rings. The highest BCUT2D eigenvalue weighted by Crippen LogP contribution is 2.33. The number of fused-ring (bicyclic) bond motifs is 1. The fourth-order valence-electron chi connectivity index (χ4n) is 2.63. The van der Waals surface area contributed by atoms with Crippen molar-refractivity contribution in [2.45, 2.75) is 31.4 Å². The van der Waals surface area contributed by atoms with Crippen LogP contribution in [0.1, 0.15) is 41.0 Å². The largest absolute Gasteiger partial charge is 0.456 e. The number of carbonyl (C=O) groups excluding carboxylic acids is 1. The summed E-state index contributed by atoms with van der Waals surface area (Å²) in [4.78, 5) is 13.0. The molecule has 0 aliphatic heterocycles. The van der Waals surface area contributed by atoms with Crippen LogP contribution in [0.25, 0.3) is 0 Å². The van der Waals surface area contributed by atoms with Gasteiger partial charge in [-0.05, 0) is 41.8 Å². The highest BCUT2D eigenvalue weighted by molar-refractivity contribution is 7.10. The summed E-state index contributed by atoms with van der Waals surface area (Å²) in [6.45, 7) is 0. The van der Waals surface area contributed by atoms with Gasteiger partial charge in [0.05, 0.1) is 0 Å². The van der Waals surface area contributed by atoms with Gasteiger partial charge >= 0.3 is 5.97 Å². The normalized spacial score (nSPS) is 19.1. The number of aryl methyl sites for hydroxylation is 1. The standard InChI is InChI=1S/C16H17NO2S/c17-15(14-9-4-10-20-14)16(18)19-13-8-3-6-11-5-1-2-7-12(11)13/h1-2,4-5,7,9-10,13,15H,3,6,8,17H2. The molecule has 0 radical (unpaired) electrons. The summed E-state index contributed by atoms with van der Waals surface area (Å²) >= 11 is 1.48. The number of rotatable bonds is 3. The summed E-state index contributed by atoms with van der Waals surface area (Å²) in [5, 5.41) is 1.92. The monoisotopic (exact) mass is 287 g/mol. The Morgan fingerprint density at radius 2 is 2.15 bits per heavy atom. The zero-order chi connectivity index (χ0) is 13.9. The summed E-state index contributed by atoms with van der Waals surface area (Å²) in [5.41, 5.74) is 8.36. The van der Waals surface area contributed by atoms with E-state index in [9.17, 15) is 4.79 Å². The second kappa shape index (κ2) is 5.77. The van der Waals surface area contributed by atoms with Crippen molar-refractivity contribution in [3.05, 3.63) is 57.8 Å². The lowest BCUT2D eigenvalue weighted by molar-refractivity contribution is -0.151. The third-order valence-electron chi connectivity index (χ3n) is 3.68. The lowest BCUT2D eigenvalue weighted by Crippen LogP contribution is -2.26. The maximum atomic E-state index is 12.2. The second-order valence-corrected chi connectivity index (χ2v) is 5.99. The van der Waals surface area contributed by atoms with Gasteiger partial charge in [-0.15, -0.1) is 11.3 Å². The summed E-state index contributed by atoms with van der Waals surface area (Å²) in [6, 6.07) is 11.3. The molecular weight excluding hydrogens is 270 g/mol. The second-order valence-electron chi connectivity index (χ2n) is 5.01. The Morgan fingerprint density at radius 3 is 2.95 bits per heavy atom. The minimum absolute atomic E-state index is 0.154. The molecule has 3 rings (SSSR count). The number of hydrogen-bond acceptors (Lipinski definition) is 4. The summed E-state index contributed by atoms with van der Waals surface area (Å²) in [6.07, 6.45) is 2.82. The molecule has 0 saturated heterocycles. The van der Waals surface area contributed by atoms with E-state index in [1.165, 1.54) is 16.9 Å². The lowest BCUT2D eigenvalue weighted by atomic mass is 9.89. The molecule has 0 fully saturated rings. The molecule has 2 unspecified atom stereocenters. The van der Waals surface area contributed by atoms with Gasteiger partial charge in [-0.2, -0.15) is 0 Å². The van der Waals surface area contributed by atoms with E-state index in [0.29, 0.717) is 0 Å². The van der Waals surface area contributed by atoms with Crippen molar-refractivity contribution in [3.63, 3.8) is 0 Å². The highest BCUT2D eigenvalue weighted by atomic mass is 32.1. The smallest absolute Gasteiger partial charge is 0.329 e. The van der Waals surface area contributed by atoms with Gasteiger partial charge in [-0.1, -0.05) is 30.3 Å². The summed E-state index contributed by atoms with van der Waals surface area (Å²) < 4.78 is 5.65. The van der Waals surface area contributed by atoms with Gasteiger partial charge in [0.1, 0.15) is 12.1 Å². The summed E-state index contributed by atoms with van der Waals surface area (Å²) in [7, 11) is 0. The molecule has 1 aliphatic rings. The van der Waals surface area contributed by atoms with E-state index in [-0.39, 0.29) is 12.1 Å². The molecule has 104 valence electrons. The fourth-order valence-corrected chi connectivity index (χ4v) is 3.34. The van der Waals surface area contributed by atoms with E-state index in [0.717, 1.165) is 29.7 Å². The van der Waals surface area contributed by atoms with Crippen molar-refractivity contribution in [1.82, 2.24) is 0 Å². The number of thiophene rings is 1. The van der Waals surface area contributed by atoms with Gasteiger partial charge in [0.25, 0.3) is 0 Å². The minimum atomic E-state index is -0.677. The minimum Gasteiger partial charge on any atom is -0.456 e. The van der Waals surface area contributed by atoms with E-state index in [1.54, 1.807) is 0 Å². The number of esters is 1. The van der Waals surface area contributed by atoms with E-state index in [2.05, 4.69) is 6.07 Å². The zero-order valence-corrected chi connectivity index (χ0v) is 11.9. The van der Waals surface area contributed by atoms with Crippen LogP contribution in [0.5, 0.6) is 0 Å². The quantitative estimate of drug-likeness (QED) is 0.881. The Morgan fingerprint density at radius 1 is 1.30 bits per heavy atom. The van der Waals surface area contributed by atoms with Crippen LogP contribution in [0.15, 0.2) is 41.8 Å². The Balaban J connectivity index is 1.74. The van der Waals surface area contributed by atoms with Crippen LogP contribution < -0.4 is 5.73 Å². The van der Waals surface area contributed by atoms with Crippen LogP contribution in [-0.4, -0.2) is 5.97 Å². The number of carbonyl (C=O) groups is 1. The molecule has 20 heavy (non-hydrogen) atoms. The van der Waals surface area contributed by atoms with Crippen molar-refractivity contribution in [1.29, 1.82) is 0 Å². The average molecular weight is 287 g/mol. The SMILES string of the molecule is NC(C(=O)OC1CCCc2ccccc21)c1cccs1. The molecule has 0 amide bonds. The Kier molecular flexibility index (Phi) is 3.85. The van der Waals surface area contributed by atoms with Crippen LogP contribution in [0.2, 0.25) is 0 Å². The van der Waals surface area contributed by atoms with Crippen LogP contribution >= 0.6 is 11.3 Å². The molecule has 1 heterocycles. The van der Waals surface area contributed by atoms with Gasteiger partial charge in [-0.3, -0.25) is 0 Å². The molecule has 1 aromatic heterocycles. The van der Waals surface area contributed by atoms with Crippen LogP contribution in [-0.2, 0) is 16.0 Å². The first-order chi connectivity index (χ1) is 9.75. The number of benzene rings is 1. The molecule has 3 nitrogen and oxygen atoms in total. The average Bonchev–Trinajstić information content (AvgIpc) is 3.01. The van der Waals surface area contributed by atoms with Crippen molar-refractivity contribution < 1.29 is 9.53 Å². The molecule has 0 saturated carbocycles. The third-order valence-corrected chi connectivity index (χ3v) is 4.63.